The van der Waals surface area contributed by atoms with E-state index in [0.29, 0.717) is 38.1 Å². The maximum atomic E-state index is 13.1. The third-order valence-electron chi connectivity index (χ3n) is 6.14. The smallest absolute Gasteiger partial charge is 0.258 e. The maximum absolute atomic E-state index is 13.1. The molecule has 7 nitrogen and oxygen atoms in total. The molecule has 1 heterocycles. The van der Waals surface area contributed by atoms with Crippen LogP contribution in [0.1, 0.15) is 58.8 Å². The fourth-order valence-electron chi connectivity index (χ4n) is 4.46. The van der Waals surface area contributed by atoms with Crippen LogP contribution in [-0.2, 0) is 14.4 Å². The molecule has 0 bridgehead atoms. The average molecular weight is 416 g/mol. The number of ether oxygens (including phenoxy) is 1. The number of benzene rings is 1. The van der Waals surface area contributed by atoms with Gasteiger partial charge < -0.3 is 19.9 Å². The number of amides is 3. The minimum Gasteiger partial charge on any atom is -0.484 e. The summed E-state index contributed by atoms with van der Waals surface area (Å²) in [4.78, 5) is 41.2. The van der Waals surface area contributed by atoms with Gasteiger partial charge in [-0.15, -0.1) is 0 Å². The Morgan fingerprint density at radius 3 is 2.30 bits per heavy atom. The zero-order valence-electron chi connectivity index (χ0n) is 18.1. The van der Waals surface area contributed by atoms with Crippen molar-refractivity contribution in [1.29, 1.82) is 0 Å². The van der Waals surface area contributed by atoms with Crippen LogP contribution in [0.4, 0.5) is 5.69 Å². The first-order valence-electron chi connectivity index (χ1n) is 11.1. The van der Waals surface area contributed by atoms with Gasteiger partial charge in [0.05, 0.1) is 0 Å². The van der Waals surface area contributed by atoms with Crippen molar-refractivity contribution in [3.63, 3.8) is 0 Å². The molecule has 2 fully saturated rings. The Balaban J connectivity index is 1.59. The topological polar surface area (TPSA) is 79.0 Å². The maximum Gasteiger partial charge on any atom is 0.258 e. The minimum atomic E-state index is -0.815. The summed E-state index contributed by atoms with van der Waals surface area (Å²) in [5.41, 5.74) is 0.0327. The molecule has 1 aliphatic heterocycles. The molecular formula is C23H33N3O4. The summed E-state index contributed by atoms with van der Waals surface area (Å²) in [6, 6.07) is 7.21. The van der Waals surface area contributed by atoms with Crippen LogP contribution in [0.5, 0.6) is 5.75 Å². The number of anilines is 1. The molecular weight excluding hydrogens is 382 g/mol. The zero-order valence-corrected chi connectivity index (χ0v) is 18.1. The lowest BCUT2D eigenvalue weighted by Gasteiger charge is -2.40. The Bertz CT molecular complexity index is 752. The van der Waals surface area contributed by atoms with Crippen molar-refractivity contribution < 1.29 is 19.1 Å². The zero-order chi connectivity index (χ0) is 21.6. The Morgan fingerprint density at radius 2 is 1.73 bits per heavy atom. The number of carbonyl (C=O) groups excluding carboxylic acids is 3. The van der Waals surface area contributed by atoms with E-state index in [1.807, 2.05) is 26.0 Å². The van der Waals surface area contributed by atoms with Crippen LogP contribution in [0.25, 0.3) is 0 Å². The number of carbonyl (C=O) groups is 3. The SMILES string of the molecule is CCN(CC)C(=O)C1(NC(=O)COc2ccc(N3CCCC3=O)cc2)CCCCC1. The predicted octanol–water partition coefficient (Wildman–Crippen LogP) is 2.88. The molecule has 0 aromatic heterocycles. The van der Waals surface area contributed by atoms with E-state index in [0.717, 1.165) is 37.9 Å². The second-order valence-corrected chi connectivity index (χ2v) is 8.10. The Morgan fingerprint density at radius 1 is 1.07 bits per heavy atom. The van der Waals surface area contributed by atoms with Crippen molar-refractivity contribution in [3.8, 4) is 5.75 Å². The van der Waals surface area contributed by atoms with Crippen LogP contribution in [0.15, 0.2) is 24.3 Å². The second kappa shape index (κ2) is 9.96. The van der Waals surface area contributed by atoms with Gasteiger partial charge in [-0.25, -0.2) is 0 Å². The number of rotatable bonds is 8. The summed E-state index contributed by atoms with van der Waals surface area (Å²) in [6.45, 7) is 5.79. The van der Waals surface area contributed by atoms with Crippen molar-refractivity contribution in [2.75, 3.05) is 31.1 Å². The van der Waals surface area contributed by atoms with Crippen LogP contribution in [-0.4, -0.2) is 54.4 Å². The van der Waals surface area contributed by atoms with Gasteiger partial charge in [-0.1, -0.05) is 19.3 Å². The lowest BCUT2D eigenvalue weighted by molar-refractivity contribution is -0.143. The van der Waals surface area contributed by atoms with E-state index in [4.69, 9.17) is 4.74 Å². The van der Waals surface area contributed by atoms with Gasteiger partial charge in [0, 0.05) is 31.7 Å². The molecule has 1 saturated heterocycles. The van der Waals surface area contributed by atoms with Crippen molar-refractivity contribution in [3.05, 3.63) is 24.3 Å². The van der Waals surface area contributed by atoms with Crippen LogP contribution < -0.4 is 15.0 Å². The summed E-state index contributed by atoms with van der Waals surface area (Å²) in [5, 5.41) is 3.01. The monoisotopic (exact) mass is 415 g/mol. The molecule has 7 heteroatoms. The minimum absolute atomic E-state index is 0.0141. The highest BCUT2D eigenvalue weighted by Gasteiger charge is 2.42. The van der Waals surface area contributed by atoms with Gasteiger partial charge in [0.15, 0.2) is 6.61 Å². The summed E-state index contributed by atoms with van der Waals surface area (Å²) < 4.78 is 5.65. The van der Waals surface area contributed by atoms with Gasteiger partial charge in [0.25, 0.3) is 5.91 Å². The standard InChI is InChI=1S/C23H33N3O4/c1-3-25(4-2)22(29)23(14-6-5-7-15-23)24-20(27)17-30-19-12-10-18(11-13-19)26-16-8-9-21(26)28/h10-13H,3-9,14-17H2,1-2H3,(H,24,27). The first-order chi connectivity index (χ1) is 14.5. The van der Waals surface area contributed by atoms with Crippen LogP contribution in [0, 0.1) is 0 Å². The van der Waals surface area contributed by atoms with Gasteiger partial charge in [0.1, 0.15) is 11.3 Å². The Labute approximate surface area is 178 Å². The van der Waals surface area contributed by atoms with Crippen molar-refractivity contribution >= 4 is 23.4 Å². The molecule has 1 aromatic rings. The van der Waals surface area contributed by atoms with E-state index in [1.54, 1.807) is 21.9 Å². The van der Waals surface area contributed by atoms with E-state index in [-0.39, 0.29) is 24.3 Å². The molecule has 1 N–H and O–H groups in total. The normalized spacial score (nSPS) is 18.2. The molecule has 0 unspecified atom stereocenters. The van der Waals surface area contributed by atoms with E-state index in [2.05, 4.69) is 5.32 Å². The molecule has 3 amide bonds. The highest BCUT2D eigenvalue weighted by Crippen LogP contribution is 2.30. The van der Waals surface area contributed by atoms with Gasteiger partial charge >= 0.3 is 0 Å². The van der Waals surface area contributed by atoms with E-state index >= 15 is 0 Å². The van der Waals surface area contributed by atoms with E-state index in [9.17, 15) is 14.4 Å². The van der Waals surface area contributed by atoms with Gasteiger partial charge in [-0.05, 0) is 57.4 Å². The van der Waals surface area contributed by atoms with E-state index in [1.165, 1.54) is 0 Å². The molecule has 3 rings (SSSR count). The number of likely N-dealkylation sites (N-methyl/N-ethyl adjacent to an activating group) is 1. The largest absolute Gasteiger partial charge is 0.484 e. The summed E-state index contributed by atoms with van der Waals surface area (Å²) in [6.07, 6.45) is 5.78. The van der Waals surface area contributed by atoms with Crippen LogP contribution in [0.3, 0.4) is 0 Å². The third kappa shape index (κ3) is 4.94. The highest BCUT2D eigenvalue weighted by atomic mass is 16.5. The summed E-state index contributed by atoms with van der Waals surface area (Å²) in [5.74, 6) is 0.434. The fraction of sp³-hybridized carbons (Fsp3) is 0.609. The summed E-state index contributed by atoms with van der Waals surface area (Å²) >= 11 is 0. The molecule has 2 aliphatic rings. The quantitative estimate of drug-likeness (QED) is 0.708. The number of hydrogen-bond acceptors (Lipinski definition) is 4. The van der Waals surface area contributed by atoms with Gasteiger partial charge in [-0.3, -0.25) is 14.4 Å². The molecule has 0 radical (unpaired) electrons. The highest BCUT2D eigenvalue weighted by molar-refractivity contribution is 5.95. The van der Waals surface area contributed by atoms with E-state index < -0.39 is 5.54 Å². The van der Waals surface area contributed by atoms with Crippen LogP contribution >= 0.6 is 0 Å². The van der Waals surface area contributed by atoms with Gasteiger partial charge in [0.2, 0.25) is 11.8 Å². The summed E-state index contributed by atoms with van der Waals surface area (Å²) in [7, 11) is 0. The molecule has 1 aliphatic carbocycles. The number of nitrogens with one attached hydrogen (secondary N) is 1. The lowest BCUT2D eigenvalue weighted by Crippen LogP contribution is -2.61. The molecule has 0 spiro atoms. The molecule has 1 saturated carbocycles. The Kier molecular flexibility index (Phi) is 7.34. The number of nitrogens with zero attached hydrogens (tertiary/aromatic N) is 2. The molecule has 0 atom stereocenters. The lowest BCUT2D eigenvalue weighted by atomic mass is 9.80. The molecule has 30 heavy (non-hydrogen) atoms. The molecule has 164 valence electrons. The first-order valence-corrected chi connectivity index (χ1v) is 11.1. The average Bonchev–Trinajstić information content (AvgIpc) is 3.20. The predicted molar refractivity (Wildman–Crippen MR) is 115 cm³/mol. The van der Waals surface area contributed by atoms with Crippen LogP contribution in [0.2, 0.25) is 0 Å². The van der Waals surface area contributed by atoms with Crippen molar-refractivity contribution in [2.45, 2.75) is 64.3 Å². The first kappa shape index (κ1) is 22.1. The molecule has 1 aromatic carbocycles. The fourth-order valence-corrected chi connectivity index (χ4v) is 4.46. The third-order valence-corrected chi connectivity index (χ3v) is 6.14. The Hall–Kier alpha value is -2.57. The van der Waals surface area contributed by atoms with Crippen molar-refractivity contribution in [2.24, 2.45) is 0 Å². The second-order valence-electron chi connectivity index (χ2n) is 8.10. The number of hydrogen-bond donors (Lipinski definition) is 1. The van der Waals surface area contributed by atoms with Crippen molar-refractivity contribution in [1.82, 2.24) is 10.2 Å². The van der Waals surface area contributed by atoms with Gasteiger partial charge in [-0.2, -0.15) is 0 Å².